The first-order chi connectivity index (χ1) is 11.0. The third kappa shape index (κ3) is 2.90. The van der Waals surface area contributed by atoms with Crippen molar-refractivity contribution in [3.63, 3.8) is 0 Å². The minimum absolute atomic E-state index is 0.0211. The number of aliphatic hydroxyl groups is 1. The molecule has 126 valence electrons. The number of rotatable bonds is 4. The molecular weight excluding hydrogens is 288 g/mol. The van der Waals surface area contributed by atoms with Crippen LogP contribution in [0.4, 0.5) is 0 Å². The van der Waals surface area contributed by atoms with Crippen molar-refractivity contribution < 1.29 is 9.84 Å². The molecule has 3 rings (SSSR count). The van der Waals surface area contributed by atoms with E-state index in [0.29, 0.717) is 5.92 Å². The van der Waals surface area contributed by atoms with E-state index in [2.05, 4.69) is 42.4 Å². The molecule has 0 saturated heterocycles. The molecule has 1 N–H and O–H groups in total. The van der Waals surface area contributed by atoms with Gasteiger partial charge in [-0.1, -0.05) is 20.8 Å². The predicted octanol–water partition coefficient (Wildman–Crippen LogP) is 4.09. The highest BCUT2D eigenvalue weighted by Gasteiger charge is 2.40. The number of ether oxygens (including phenoxy) is 1. The molecule has 2 heterocycles. The van der Waals surface area contributed by atoms with Crippen molar-refractivity contribution in [1.82, 2.24) is 9.38 Å². The molecule has 0 aromatic carbocycles. The molecule has 1 atom stereocenters. The van der Waals surface area contributed by atoms with Gasteiger partial charge in [-0.3, -0.25) is 0 Å². The van der Waals surface area contributed by atoms with Gasteiger partial charge in [0.05, 0.1) is 30.2 Å². The Labute approximate surface area is 138 Å². The van der Waals surface area contributed by atoms with Crippen LogP contribution in [0.1, 0.15) is 69.6 Å². The van der Waals surface area contributed by atoms with Crippen LogP contribution in [0.25, 0.3) is 5.52 Å². The van der Waals surface area contributed by atoms with Crippen LogP contribution in [-0.2, 0) is 4.74 Å². The Hall–Kier alpha value is -1.39. The van der Waals surface area contributed by atoms with E-state index in [1.165, 1.54) is 11.1 Å². The molecule has 1 aliphatic rings. The highest BCUT2D eigenvalue weighted by atomic mass is 16.5. The number of methoxy groups -OCH3 is 1. The maximum absolute atomic E-state index is 9.89. The average molecular weight is 316 g/mol. The third-order valence-corrected chi connectivity index (χ3v) is 5.52. The topological polar surface area (TPSA) is 46.8 Å². The highest BCUT2D eigenvalue weighted by Crippen LogP contribution is 2.49. The van der Waals surface area contributed by atoms with Crippen LogP contribution in [0.2, 0.25) is 0 Å². The van der Waals surface area contributed by atoms with E-state index in [-0.39, 0.29) is 17.6 Å². The molecule has 2 aromatic heterocycles. The van der Waals surface area contributed by atoms with E-state index >= 15 is 0 Å². The first-order valence-corrected chi connectivity index (χ1v) is 8.61. The Morgan fingerprint density at radius 3 is 2.65 bits per heavy atom. The Kier molecular flexibility index (Phi) is 4.47. The van der Waals surface area contributed by atoms with E-state index in [9.17, 15) is 5.11 Å². The summed E-state index contributed by atoms with van der Waals surface area (Å²) in [5, 5.41) is 9.89. The number of aliphatic hydroxyl groups excluding tert-OH is 1. The number of hydrogen-bond donors (Lipinski definition) is 1. The van der Waals surface area contributed by atoms with Gasteiger partial charge >= 0.3 is 0 Å². The molecule has 1 fully saturated rings. The van der Waals surface area contributed by atoms with E-state index in [0.717, 1.165) is 31.2 Å². The lowest BCUT2D eigenvalue weighted by molar-refractivity contribution is -0.0472. The molecule has 23 heavy (non-hydrogen) atoms. The first kappa shape index (κ1) is 16.5. The summed E-state index contributed by atoms with van der Waals surface area (Å²) in [6.45, 7) is 6.76. The van der Waals surface area contributed by atoms with Crippen molar-refractivity contribution in [3.8, 4) is 0 Å². The van der Waals surface area contributed by atoms with Gasteiger partial charge in [0.2, 0.25) is 0 Å². The maximum atomic E-state index is 9.89. The maximum Gasteiger partial charge on any atom is 0.0992 e. The van der Waals surface area contributed by atoms with Crippen molar-refractivity contribution in [2.45, 2.75) is 64.6 Å². The van der Waals surface area contributed by atoms with Gasteiger partial charge in [-0.15, -0.1) is 0 Å². The van der Waals surface area contributed by atoms with Gasteiger partial charge < -0.3 is 14.2 Å². The summed E-state index contributed by atoms with van der Waals surface area (Å²) in [6.07, 6.45) is 9.42. The zero-order valence-corrected chi connectivity index (χ0v) is 14.6. The van der Waals surface area contributed by atoms with Gasteiger partial charge in [-0.25, -0.2) is 4.98 Å². The van der Waals surface area contributed by atoms with Crippen LogP contribution < -0.4 is 0 Å². The lowest BCUT2D eigenvalue weighted by Gasteiger charge is -2.42. The molecular formula is C19H28N2O2. The minimum Gasteiger partial charge on any atom is -0.393 e. The molecule has 1 aliphatic carbocycles. The SMILES string of the molecule is CO[C@H](c1c(C(C)C)ccn2cncc12)[C@]1(C)CC[C@@H](O)CC1. The standard InChI is InChI=1S/C19H28N2O2/c1-13(2)15-7-10-21-12-20-11-16(21)17(15)18(23-4)19(3)8-5-14(22)6-9-19/h7,10-14,18,22H,5-6,8-9H2,1-4H3/t14-,18-,19-/m1/s1. The zero-order chi connectivity index (χ0) is 16.6. The number of aromatic nitrogens is 2. The lowest BCUT2D eigenvalue weighted by Crippen LogP contribution is -2.34. The van der Waals surface area contributed by atoms with E-state index in [4.69, 9.17) is 4.74 Å². The second-order valence-electron chi connectivity index (χ2n) is 7.53. The summed E-state index contributed by atoms with van der Waals surface area (Å²) in [4.78, 5) is 4.33. The van der Waals surface area contributed by atoms with Gasteiger partial charge in [0.1, 0.15) is 0 Å². The Morgan fingerprint density at radius 2 is 2.04 bits per heavy atom. The smallest absolute Gasteiger partial charge is 0.0992 e. The fourth-order valence-corrected chi connectivity index (χ4v) is 4.09. The lowest BCUT2D eigenvalue weighted by atomic mass is 9.68. The quantitative estimate of drug-likeness (QED) is 0.924. The molecule has 0 bridgehead atoms. The molecule has 1 saturated carbocycles. The van der Waals surface area contributed by atoms with Crippen LogP contribution in [-0.4, -0.2) is 27.7 Å². The number of fused-ring (bicyclic) bond motifs is 1. The van der Waals surface area contributed by atoms with E-state index < -0.39 is 0 Å². The molecule has 0 amide bonds. The molecule has 4 nitrogen and oxygen atoms in total. The monoisotopic (exact) mass is 316 g/mol. The number of nitrogens with zero attached hydrogens (tertiary/aromatic N) is 2. The van der Waals surface area contributed by atoms with Crippen molar-refractivity contribution >= 4 is 5.52 Å². The Morgan fingerprint density at radius 1 is 1.35 bits per heavy atom. The number of imidazole rings is 1. The summed E-state index contributed by atoms with van der Waals surface area (Å²) >= 11 is 0. The number of pyridine rings is 1. The van der Waals surface area contributed by atoms with Crippen LogP contribution in [0.3, 0.4) is 0 Å². The summed E-state index contributed by atoms with van der Waals surface area (Å²) in [5.41, 5.74) is 3.78. The van der Waals surface area contributed by atoms with E-state index in [1.54, 1.807) is 0 Å². The summed E-state index contributed by atoms with van der Waals surface area (Å²) in [6, 6.07) is 2.20. The van der Waals surface area contributed by atoms with Gasteiger partial charge in [0.25, 0.3) is 0 Å². The molecule has 0 spiro atoms. The zero-order valence-electron chi connectivity index (χ0n) is 14.6. The fourth-order valence-electron chi connectivity index (χ4n) is 4.09. The van der Waals surface area contributed by atoms with Crippen LogP contribution in [0.5, 0.6) is 0 Å². The van der Waals surface area contributed by atoms with Crippen LogP contribution in [0, 0.1) is 5.41 Å². The predicted molar refractivity (Wildman–Crippen MR) is 91.6 cm³/mol. The van der Waals surface area contributed by atoms with Gasteiger partial charge in [0, 0.05) is 18.9 Å². The average Bonchev–Trinajstić information content (AvgIpc) is 3.00. The summed E-state index contributed by atoms with van der Waals surface area (Å²) < 4.78 is 8.14. The highest BCUT2D eigenvalue weighted by molar-refractivity contribution is 5.59. The number of hydrogen-bond acceptors (Lipinski definition) is 3. The van der Waals surface area contributed by atoms with Crippen molar-refractivity contribution in [1.29, 1.82) is 0 Å². The third-order valence-electron chi connectivity index (χ3n) is 5.52. The Bertz CT molecular complexity index is 669. The van der Waals surface area contributed by atoms with Crippen molar-refractivity contribution in [2.24, 2.45) is 5.41 Å². The van der Waals surface area contributed by atoms with E-state index in [1.807, 2.05) is 19.6 Å². The fraction of sp³-hybridized carbons (Fsp3) is 0.632. The van der Waals surface area contributed by atoms with Crippen LogP contribution >= 0.6 is 0 Å². The summed E-state index contributed by atoms with van der Waals surface area (Å²) in [5.74, 6) is 0.431. The van der Waals surface area contributed by atoms with Gasteiger partial charge in [-0.2, -0.15) is 0 Å². The normalized spacial score (nSPS) is 26.8. The molecule has 4 heteroatoms. The largest absolute Gasteiger partial charge is 0.393 e. The summed E-state index contributed by atoms with van der Waals surface area (Å²) in [7, 11) is 1.81. The minimum atomic E-state index is -0.157. The van der Waals surface area contributed by atoms with Gasteiger partial charge in [0.15, 0.2) is 0 Å². The molecule has 0 radical (unpaired) electrons. The first-order valence-electron chi connectivity index (χ1n) is 8.61. The van der Waals surface area contributed by atoms with Crippen molar-refractivity contribution in [3.05, 3.63) is 35.9 Å². The molecule has 2 aromatic rings. The molecule has 0 aliphatic heterocycles. The Balaban J connectivity index is 2.12. The second-order valence-corrected chi connectivity index (χ2v) is 7.53. The molecule has 0 unspecified atom stereocenters. The second kappa shape index (κ2) is 6.25. The van der Waals surface area contributed by atoms with Crippen LogP contribution in [0.15, 0.2) is 24.8 Å². The van der Waals surface area contributed by atoms with Crippen molar-refractivity contribution in [2.75, 3.05) is 7.11 Å². The van der Waals surface area contributed by atoms with Gasteiger partial charge in [-0.05, 0) is 48.6 Å².